The van der Waals surface area contributed by atoms with Gasteiger partial charge in [0.05, 0.1) is 20.6 Å². The molecule has 116 valence electrons. The van der Waals surface area contributed by atoms with Gasteiger partial charge in [-0.2, -0.15) is 0 Å². The van der Waals surface area contributed by atoms with Crippen LogP contribution in [0, 0.1) is 5.82 Å². The van der Waals surface area contributed by atoms with Crippen LogP contribution in [-0.2, 0) is 11.2 Å². The minimum atomic E-state index is -0.378. The Morgan fingerprint density at radius 1 is 1.09 bits per heavy atom. The van der Waals surface area contributed by atoms with Crippen molar-refractivity contribution in [3.63, 3.8) is 0 Å². The van der Waals surface area contributed by atoms with Gasteiger partial charge < -0.3 is 14.4 Å². The van der Waals surface area contributed by atoms with Gasteiger partial charge in [0.15, 0.2) is 11.5 Å². The van der Waals surface area contributed by atoms with E-state index < -0.39 is 0 Å². The van der Waals surface area contributed by atoms with Crippen LogP contribution in [0.5, 0.6) is 11.5 Å². The molecular weight excluding hydrogens is 285 g/mol. The Kier molecular flexibility index (Phi) is 4.99. The molecule has 0 aliphatic carbocycles. The summed E-state index contributed by atoms with van der Waals surface area (Å²) in [6, 6.07) is 11.4. The minimum Gasteiger partial charge on any atom is -0.493 e. The van der Waals surface area contributed by atoms with Gasteiger partial charge in [0.2, 0.25) is 5.91 Å². The first-order chi connectivity index (χ1) is 10.6. The van der Waals surface area contributed by atoms with Crippen molar-refractivity contribution in [2.45, 2.75) is 6.42 Å². The molecule has 2 aromatic rings. The summed E-state index contributed by atoms with van der Waals surface area (Å²) in [5.74, 6) is 0.528. The molecular formula is C17H18FNO3. The average molecular weight is 303 g/mol. The Balaban J connectivity index is 2.19. The predicted octanol–water partition coefficient (Wildman–Crippen LogP) is 3.05. The normalized spacial score (nSPS) is 10.2. The van der Waals surface area contributed by atoms with Crippen molar-refractivity contribution in [1.29, 1.82) is 0 Å². The number of ether oxygens (including phenoxy) is 2. The molecule has 0 heterocycles. The molecule has 2 aromatic carbocycles. The zero-order valence-electron chi connectivity index (χ0n) is 12.8. The molecule has 0 bridgehead atoms. The monoisotopic (exact) mass is 303 g/mol. The summed E-state index contributed by atoms with van der Waals surface area (Å²) >= 11 is 0. The standard InChI is InChI=1S/C17H18FNO3/c1-19(13-8-9-15(21-2)16(11-13)22-3)17(20)10-12-6-4-5-7-14(12)18/h4-9,11H,10H2,1-3H3. The van der Waals surface area contributed by atoms with E-state index in [-0.39, 0.29) is 18.1 Å². The second kappa shape index (κ2) is 6.93. The van der Waals surface area contributed by atoms with Gasteiger partial charge in [-0.15, -0.1) is 0 Å². The predicted molar refractivity (Wildman–Crippen MR) is 83.1 cm³/mol. The number of benzene rings is 2. The lowest BCUT2D eigenvalue weighted by Crippen LogP contribution is -2.28. The number of amides is 1. The van der Waals surface area contributed by atoms with E-state index in [2.05, 4.69) is 0 Å². The molecule has 0 aliphatic rings. The maximum absolute atomic E-state index is 13.6. The van der Waals surface area contributed by atoms with Crippen LogP contribution in [-0.4, -0.2) is 27.2 Å². The number of likely N-dealkylation sites (N-methyl/N-ethyl adjacent to an activating group) is 1. The van der Waals surface area contributed by atoms with Crippen molar-refractivity contribution in [2.75, 3.05) is 26.2 Å². The smallest absolute Gasteiger partial charge is 0.231 e. The van der Waals surface area contributed by atoms with E-state index >= 15 is 0 Å². The third-order valence-corrected chi connectivity index (χ3v) is 3.43. The molecule has 22 heavy (non-hydrogen) atoms. The van der Waals surface area contributed by atoms with Crippen LogP contribution in [0.2, 0.25) is 0 Å². The third-order valence-electron chi connectivity index (χ3n) is 3.43. The van der Waals surface area contributed by atoms with E-state index in [0.29, 0.717) is 22.7 Å². The summed E-state index contributed by atoms with van der Waals surface area (Å²) < 4.78 is 24.0. The Morgan fingerprint density at radius 3 is 2.41 bits per heavy atom. The highest BCUT2D eigenvalue weighted by Gasteiger charge is 2.15. The molecule has 1 amide bonds. The van der Waals surface area contributed by atoms with Crippen molar-refractivity contribution in [2.24, 2.45) is 0 Å². The number of anilines is 1. The number of hydrogen-bond acceptors (Lipinski definition) is 3. The molecule has 0 atom stereocenters. The van der Waals surface area contributed by atoms with Gasteiger partial charge >= 0.3 is 0 Å². The highest BCUT2D eigenvalue weighted by atomic mass is 19.1. The first-order valence-corrected chi connectivity index (χ1v) is 6.78. The Morgan fingerprint density at radius 2 is 1.77 bits per heavy atom. The van der Waals surface area contributed by atoms with Gasteiger partial charge in [-0.05, 0) is 23.8 Å². The van der Waals surface area contributed by atoms with Crippen LogP contribution in [0.1, 0.15) is 5.56 Å². The summed E-state index contributed by atoms with van der Waals surface area (Å²) in [5.41, 5.74) is 1.03. The molecule has 0 fully saturated rings. The third kappa shape index (κ3) is 3.36. The SMILES string of the molecule is COc1ccc(N(C)C(=O)Cc2ccccc2F)cc1OC. The van der Waals surface area contributed by atoms with E-state index in [1.165, 1.54) is 18.1 Å². The molecule has 2 rings (SSSR count). The van der Waals surface area contributed by atoms with E-state index in [1.807, 2.05) is 0 Å². The second-order valence-electron chi connectivity index (χ2n) is 4.76. The van der Waals surface area contributed by atoms with Crippen molar-refractivity contribution >= 4 is 11.6 Å². The van der Waals surface area contributed by atoms with E-state index in [4.69, 9.17) is 9.47 Å². The number of carbonyl (C=O) groups excluding carboxylic acids is 1. The zero-order valence-corrected chi connectivity index (χ0v) is 12.8. The highest BCUT2D eigenvalue weighted by molar-refractivity contribution is 5.94. The fourth-order valence-electron chi connectivity index (χ4n) is 2.10. The summed E-state index contributed by atoms with van der Waals surface area (Å²) in [4.78, 5) is 13.8. The number of halogens is 1. The maximum Gasteiger partial charge on any atom is 0.231 e. The second-order valence-corrected chi connectivity index (χ2v) is 4.76. The van der Waals surface area contributed by atoms with Crippen molar-refractivity contribution in [1.82, 2.24) is 0 Å². The topological polar surface area (TPSA) is 38.8 Å². The maximum atomic E-state index is 13.6. The van der Waals surface area contributed by atoms with Crippen LogP contribution in [0.15, 0.2) is 42.5 Å². The first-order valence-electron chi connectivity index (χ1n) is 6.78. The van der Waals surface area contributed by atoms with Gasteiger partial charge in [-0.3, -0.25) is 4.79 Å². The number of carbonyl (C=O) groups is 1. The van der Waals surface area contributed by atoms with Gasteiger partial charge in [-0.25, -0.2) is 4.39 Å². The molecule has 0 unspecified atom stereocenters. The van der Waals surface area contributed by atoms with Crippen LogP contribution in [0.4, 0.5) is 10.1 Å². The lowest BCUT2D eigenvalue weighted by Gasteiger charge is -2.19. The van der Waals surface area contributed by atoms with Crippen LogP contribution < -0.4 is 14.4 Å². The van der Waals surface area contributed by atoms with Gasteiger partial charge in [-0.1, -0.05) is 18.2 Å². The quantitative estimate of drug-likeness (QED) is 0.852. The summed E-state index contributed by atoms with van der Waals surface area (Å²) in [6.45, 7) is 0. The number of hydrogen-bond donors (Lipinski definition) is 0. The zero-order chi connectivity index (χ0) is 16.1. The Labute approximate surface area is 129 Å². The average Bonchev–Trinajstić information content (AvgIpc) is 2.55. The van der Waals surface area contributed by atoms with Gasteiger partial charge in [0.25, 0.3) is 0 Å². The molecule has 0 saturated heterocycles. The fourth-order valence-corrected chi connectivity index (χ4v) is 2.10. The van der Waals surface area contributed by atoms with Gasteiger partial charge in [0, 0.05) is 18.8 Å². The molecule has 0 spiro atoms. The van der Waals surface area contributed by atoms with Crippen molar-refractivity contribution < 1.29 is 18.7 Å². The summed E-state index contributed by atoms with van der Waals surface area (Å²) in [6.07, 6.45) is -0.00246. The molecule has 0 aromatic heterocycles. The molecule has 0 saturated carbocycles. The van der Waals surface area contributed by atoms with E-state index in [1.54, 1.807) is 50.6 Å². The lowest BCUT2D eigenvalue weighted by atomic mass is 10.1. The first kappa shape index (κ1) is 15.8. The van der Waals surface area contributed by atoms with Crippen LogP contribution in [0.25, 0.3) is 0 Å². The number of methoxy groups -OCH3 is 2. The van der Waals surface area contributed by atoms with Crippen molar-refractivity contribution in [3.05, 3.63) is 53.8 Å². The van der Waals surface area contributed by atoms with Crippen LogP contribution >= 0.6 is 0 Å². The molecule has 5 heteroatoms. The fraction of sp³-hybridized carbons (Fsp3) is 0.235. The molecule has 0 aliphatic heterocycles. The Bertz CT molecular complexity index is 673. The largest absolute Gasteiger partial charge is 0.493 e. The van der Waals surface area contributed by atoms with E-state index in [0.717, 1.165) is 0 Å². The Hall–Kier alpha value is -2.56. The number of rotatable bonds is 5. The number of nitrogens with zero attached hydrogens (tertiary/aromatic N) is 1. The molecule has 4 nitrogen and oxygen atoms in total. The molecule has 0 radical (unpaired) electrons. The van der Waals surface area contributed by atoms with Gasteiger partial charge in [0.1, 0.15) is 5.82 Å². The van der Waals surface area contributed by atoms with Crippen LogP contribution in [0.3, 0.4) is 0 Å². The summed E-state index contributed by atoms with van der Waals surface area (Å²) in [5, 5.41) is 0. The lowest BCUT2D eigenvalue weighted by molar-refractivity contribution is -0.117. The highest BCUT2D eigenvalue weighted by Crippen LogP contribution is 2.31. The molecule has 0 N–H and O–H groups in total. The summed E-state index contributed by atoms with van der Waals surface area (Å²) in [7, 11) is 4.72. The van der Waals surface area contributed by atoms with Crippen molar-refractivity contribution in [3.8, 4) is 11.5 Å². The minimum absolute atomic E-state index is 0.00246. The van der Waals surface area contributed by atoms with E-state index in [9.17, 15) is 9.18 Å².